The van der Waals surface area contributed by atoms with Crippen molar-refractivity contribution < 1.29 is 4.42 Å². The van der Waals surface area contributed by atoms with Gasteiger partial charge in [-0.05, 0) is 126 Å². The zero-order chi connectivity index (χ0) is 39.6. The van der Waals surface area contributed by atoms with Crippen molar-refractivity contribution in [3.63, 3.8) is 0 Å². The molecule has 0 aliphatic heterocycles. The van der Waals surface area contributed by atoms with E-state index in [9.17, 15) is 0 Å². The van der Waals surface area contributed by atoms with E-state index >= 15 is 0 Å². The summed E-state index contributed by atoms with van der Waals surface area (Å²) in [6.45, 7) is 0. The van der Waals surface area contributed by atoms with Gasteiger partial charge in [0, 0.05) is 33.2 Å². The minimum atomic E-state index is 0.883. The Morgan fingerprint density at radius 2 is 0.800 bits per heavy atom. The zero-order valence-electron chi connectivity index (χ0n) is 32.7. The van der Waals surface area contributed by atoms with E-state index in [1.807, 2.05) is 0 Å². The van der Waals surface area contributed by atoms with E-state index in [1.165, 1.54) is 65.5 Å². The molecule has 280 valence electrons. The van der Waals surface area contributed by atoms with Crippen LogP contribution in [0.2, 0.25) is 0 Å². The molecule has 12 rings (SSSR count). The standard InChI is InChI=1S/C58H37NO/c1-3-15-41(16-4-1)56-51-22-12-11-21-49(51)50-32-27-44(36-54(50)57(56)42-17-5-2-6-18-42)39-23-28-45(29-24-39)59(46-30-25-38-13-7-8-19-43(38)35-46)47-31-34-55-53(37-47)52-33-26-40-14-9-10-20-48(40)58(52)60-55/h1-37H. The summed E-state index contributed by atoms with van der Waals surface area (Å²) in [5, 5.41) is 12.0. The van der Waals surface area contributed by atoms with Crippen LogP contribution in [0.5, 0.6) is 0 Å². The van der Waals surface area contributed by atoms with Gasteiger partial charge in [0.2, 0.25) is 0 Å². The van der Waals surface area contributed by atoms with Crippen molar-refractivity contribution in [1.82, 2.24) is 0 Å². The van der Waals surface area contributed by atoms with Crippen LogP contribution in [0.15, 0.2) is 229 Å². The lowest BCUT2D eigenvalue weighted by atomic mass is 9.84. The van der Waals surface area contributed by atoms with E-state index in [4.69, 9.17) is 4.42 Å². The molecule has 12 aromatic rings. The average Bonchev–Trinajstić information content (AvgIpc) is 3.70. The molecule has 0 aliphatic rings. The lowest BCUT2D eigenvalue weighted by Crippen LogP contribution is -2.09. The summed E-state index contributed by atoms with van der Waals surface area (Å²) >= 11 is 0. The van der Waals surface area contributed by atoms with Crippen LogP contribution in [-0.2, 0) is 0 Å². The molecule has 0 bridgehead atoms. The summed E-state index contributed by atoms with van der Waals surface area (Å²) in [7, 11) is 0. The van der Waals surface area contributed by atoms with Gasteiger partial charge in [-0.25, -0.2) is 0 Å². The molecule has 2 nitrogen and oxygen atoms in total. The number of rotatable bonds is 6. The Labute approximate surface area is 347 Å². The second-order valence-corrected chi connectivity index (χ2v) is 15.6. The molecule has 2 heteroatoms. The molecule has 0 aliphatic carbocycles. The Bertz CT molecular complexity index is 3590. The van der Waals surface area contributed by atoms with E-state index < -0.39 is 0 Å². The summed E-state index contributed by atoms with van der Waals surface area (Å²) in [6, 6.07) is 81.3. The second kappa shape index (κ2) is 13.9. The Balaban J connectivity index is 1.02. The van der Waals surface area contributed by atoms with Gasteiger partial charge in [-0.3, -0.25) is 0 Å². The van der Waals surface area contributed by atoms with Crippen molar-refractivity contribution >= 4 is 82.1 Å². The Morgan fingerprint density at radius 1 is 0.267 bits per heavy atom. The minimum Gasteiger partial charge on any atom is -0.455 e. The Morgan fingerprint density at radius 3 is 1.57 bits per heavy atom. The fourth-order valence-corrected chi connectivity index (χ4v) is 9.38. The Kier molecular flexibility index (Phi) is 7.89. The molecule has 0 unspecified atom stereocenters. The number of anilines is 3. The molecule has 0 amide bonds. The molecule has 0 saturated carbocycles. The number of fused-ring (bicyclic) bond motifs is 9. The molecule has 60 heavy (non-hydrogen) atoms. The first-order valence-electron chi connectivity index (χ1n) is 20.6. The van der Waals surface area contributed by atoms with E-state index in [-0.39, 0.29) is 0 Å². The maximum Gasteiger partial charge on any atom is 0.143 e. The largest absolute Gasteiger partial charge is 0.455 e. The van der Waals surface area contributed by atoms with Gasteiger partial charge in [-0.1, -0.05) is 170 Å². The van der Waals surface area contributed by atoms with Gasteiger partial charge >= 0.3 is 0 Å². The lowest BCUT2D eigenvalue weighted by Gasteiger charge is -2.26. The lowest BCUT2D eigenvalue weighted by molar-refractivity contribution is 0.672. The topological polar surface area (TPSA) is 16.4 Å². The average molecular weight is 764 g/mol. The van der Waals surface area contributed by atoms with Crippen LogP contribution in [0.25, 0.3) is 98.4 Å². The SMILES string of the molecule is c1ccc(-c2c(-c3ccccc3)c3cc(-c4ccc(N(c5ccc6ccccc6c5)c5ccc6oc7c8ccccc8ccc7c6c5)cc4)ccc3c3ccccc23)cc1. The van der Waals surface area contributed by atoms with Crippen LogP contribution >= 0.6 is 0 Å². The normalized spacial score (nSPS) is 11.7. The van der Waals surface area contributed by atoms with Crippen LogP contribution in [0.1, 0.15) is 0 Å². The van der Waals surface area contributed by atoms with Gasteiger partial charge < -0.3 is 9.32 Å². The summed E-state index contributed by atoms with van der Waals surface area (Å²) in [5.74, 6) is 0. The first-order chi connectivity index (χ1) is 29.7. The first-order valence-corrected chi connectivity index (χ1v) is 20.6. The molecular weight excluding hydrogens is 727 g/mol. The minimum absolute atomic E-state index is 0.883. The van der Waals surface area contributed by atoms with Crippen molar-refractivity contribution in [1.29, 1.82) is 0 Å². The summed E-state index contributed by atoms with van der Waals surface area (Å²) in [4.78, 5) is 2.36. The summed E-state index contributed by atoms with van der Waals surface area (Å²) in [6.07, 6.45) is 0. The van der Waals surface area contributed by atoms with Gasteiger partial charge in [0.05, 0.1) is 0 Å². The fourth-order valence-electron chi connectivity index (χ4n) is 9.38. The third kappa shape index (κ3) is 5.57. The van der Waals surface area contributed by atoms with Crippen molar-refractivity contribution in [3.05, 3.63) is 224 Å². The molecule has 11 aromatic carbocycles. The maximum atomic E-state index is 6.54. The summed E-state index contributed by atoms with van der Waals surface area (Å²) < 4.78 is 6.54. The van der Waals surface area contributed by atoms with E-state index in [1.54, 1.807) is 0 Å². The molecule has 1 heterocycles. The number of benzene rings is 11. The molecule has 1 aromatic heterocycles. The second-order valence-electron chi connectivity index (χ2n) is 15.6. The van der Waals surface area contributed by atoms with Crippen LogP contribution in [0.4, 0.5) is 17.1 Å². The monoisotopic (exact) mass is 763 g/mol. The molecule has 0 fully saturated rings. The van der Waals surface area contributed by atoms with Gasteiger partial charge in [0.15, 0.2) is 0 Å². The van der Waals surface area contributed by atoms with Crippen LogP contribution in [0.3, 0.4) is 0 Å². The highest BCUT2D eigenvalue weighted by Crippen LogP contribution is 2.46. The summed E-state index contributed by atoms with van der Waals surface area (Å²) in [5.41, 5.74) is 12.3. The highest BCUT2D eigenvalue weighted by atomic mass is 16.3. The number of hydrogen-bond acceptors (Lipinski definition) is 2. The van der Waals surface area contributed by atoms with Crippen molar-refractivity contribution in [2.75, 3.05) is 4.90 Å². The van der Waals surface area contributed by atoms with Gasteiger partial charge in [0.25, 0.3) is 0 Å². The van der Waals surface area contributed by atoms with Crippen LogP contribution < -0.4 is 4.90 Å². The van der Waals surface area contributed by atoms with Crippen molar-refractivity contribution in [2.24, 2.45) is 0 Å². The molecule has 0 spiro atoms. The third-order valence-electron chi connectivity index (χ3n) is 12.2. The van der Waals surface area contributed by atoms with Crippen molar-refractivity contribution in [3.8, 4) is 33.4 Å². The number of nitrogens with zero attached hydrogens (tertiary/aromatic N) is 1. The number of furan rings is 1. The Hall–Kier alpha value is -7.94. The molecule has 0 N–H and O–H groups in total. The van der Waals surface area contributed by atoms with E-state index in [0.717, 1.165) is 50.0 Å². The van der Waals surface area contributed by atoms with Crippen LogP contribution in [0, 0.1) is 0 Å². The zero-order valence-corrected chi connectivity index (χ0v) is 32.7. The highest BCUT2D eigenvalue weighted by Gasteiger charge is 2.20. The van der Waals surface area contributed by atoms with Gasteiger partial charge in [-0.15, -0.1) is 0 Å². The number of hydrogen-bond donors (Lipinski definition) is 0. The molecule has 0 radical (unpaired) electrons. The smallest absolute Gasteiger partial charge is 0.143 e. The molecule has 0 atom stereocenters. The predicted octanol–water partition coefficient (Wildman–Crippen LogP) is 16.7. The highest BCUT2D eigenvalue weighted by molar-refractivity contribution is 6.22. The van der Waals surface area contributed by atoms with Crippen molar-refractivity contribution in [2.45, 2.75) is 0 Å². The quantitative estimate of drug-likeness (QED) is 0.157. The first kappa shape index (κ1) is 34.1. The molecular formula is C58H37NO. The third-order valence-corrected chi connectivity index (χ3v) is 12.2. The molecule has 0 saturated heterocycles. The van der Waals surface area contributed by atoms with Crippen LogP contribution in [-0.4, -0.2) is 0 Å². The maximum absolute atomic E-state index is 6.54. The van der Waals surface area contributed by atoms with Gasteiger partial charge in [0.1, 0.15) is 11.2 Å². The fraction of sp³-hybridized carbons (Fsp3) is 0. The van der Waals surface area contributed by atoms with Gasteiger partial charge in [-0.2, -0.15) is 0 Å². The van der Waals surface area contributed by atoms with E-state index in [2.05, 4.69) is 229 Å². The van der Waals surface area contributed by atoms with E-state index in [0.29, 0.717) is 0 Å². The predicted molar refractivity (Wildman–Crippen MR) is 255 cm³/mol.